The zero-order valence-electron chi connectivity index (χ0n) is 14.6. The minimum absolute atomic E-state index is 0.116. The van der Waals surface area contributed by atoms with Crippen LogP contribution >= 0.6 is 0 Å². The molecule has 0 amide bonds. The number of benzene rings is 1. The number of nitrogens with zero attached hydrogens (tertiary/aromatic N) is 2. The molecule has 1 aromatic carbocycles. The third kappa shape index (κ3) is 3.12. The number of hydrogen-bond donors (Lipinski definition) is 1. The smallest absolute Gasteiger partial charge is 0.259 e. The summed E-state index contributed by atoms with van der Waals surface area (Å²) in [4.78, 5) is 20.0. The summed E-state index contributed by atoms with van der Waals surface area (Å²) in [6, 6.07) is 7.91. The first-order valence-electron chi connectivity index (χ1n) is 8.10. The lowest BCUT2D eigenvalue weighted by molar-refractivity contribution is 0.0121. The van der Waals surface area contributed by atoms with E-state index >= 15 is 0 Å². The van der Waals surface area contributed by atoms with Crippen LogP contribution in [-0.4, -0.2) is 27.2 Å². The first kappa shape index (κ1) is 16.5. The Kier molecular flexibility index (Phi) is 4.28. The number of hydrogen-bond acceptors (Lipinski definition) is 3. The summed E-state index contributed by atoms with van der Waals surface area (Å²) in [6.45, 7) is 6.83. The maximum Gasteiger partial charge on any atom is 0.259 e. The Labute approximate surface area is 141 Å². The molecule has 0 unspecified atom stereocenters. The van der Waals surface area contributed by atoms with E-state index in [9.17, 15) is 4.79 Å². The van der Waals surface area contributed by atoms with Crippen LogP contribution in [0.3, 0.4) is 0 Å². The van der Waals surface area contributed by atoms with Crippen molar-refractivity contribution >= 4 is 10.9 Å². The lowest BCUT2D eigenvalue weighted by Crippen LogP contribution is -2.24. The molecule has 2 heterocycles. The number of aromatic amines is 1. The number of aromatic nitrogens is 3. The number of aryl methyl sites for hydroxylation is 2. The maximum atomic E-state index is 12.6. The number of fused-ring (bicyclic) bond motifs is 1. The highest BCUT2D eigenvalue weighted by molar-refractivity contribution is 5.84. The molecular weight excluding hydrogens is 302 g/mol. The normalized spacial score (nSPS) is 12.0. The van der Waals surface area contributed by atoms with Crippen LogP contribution in [0.5, 0.6) is 0 Å². The van der Waals surface area contributed by atoms with Crippen molar-refractivity contribution in [3.8, 4) is 11.4 Å². The number of ether oxygens (including phenoxy) is 1. The average Bonchev–Trinajstić information content (AvgIpc) is 3.02. The third-order valence-electron chi connectivity index (χ3n) is 4.55. The number of rotatable bonds is 5. The van der Waals surface area contributed by atoms with Crippen LogP contribution in [0.25, 0.3) is 22.3 Å². The Morgan fingerprint density at radius 2 is 2.12 bits per heavy atom. The zero-order valence-corrected chi connectivity index (χ0v) is 14.6. The predicted octanol–water partition coefficient (Wildman–Crippen LogP) is 3.52. The molecule has 5 heteroatoms. The molecule has 0 fully saturated rings. The van der Waals surface area contributed by atoms with Crippen LogP contribution in [0.1, 0.15) is 25.8 Å². The largest absolute Gasteiger partial charge is 0.379 e. The van der Waals surface area contributed by atoms with Gasteiger partial charge in [0.15, 0.2) is 0 Å². The number of methoxy groups -OCH3 is 1. The zero-order chi connectivity index (χ0) is 17.3. The molecule has 3 aromatic rings. The highest BCUT2D eigenvalue weighted by Crippen LogP contribution is 2.22. The van der Waals surface area contributed by atoms with E-state index in [1.165, 1.54) is 0 Å². The Hall–Kier alpha value is -2.40. The standard InChI is InChI=1S/C19H23N3O2/c1-13-6-5-7-14-12-15(18(23)21-16(13)14)17-20-9-11-22(17)10-8-19(2,3)24-4/h5-7,9,11-12H,8,10H2,1-4H3,(H,21,23). The van der Waals surface area contributed by atoms with Gasteiger partial charge in [-0.2, -0.15) is 0 Å². The van der Waals surface area contributed by atoms with Gasteiger partial charge in [0.1, 0.15) is 5.82 Å². The van der Waals surface area contributed by atoms with Gasteiger partial charge in [0, 0.05) is 26.0 Å². The molecular formula is C19H23N3O2. The quantitative estimate of drug-likeness (QED) is 0.781. The molecule has 2 aromatic heterocycles. The lowest BCUT2D eigenvalue weighted by Gasteiger charge is -2.23. The van der Waals surface area contributed by atoms with E-state index in [4.69, 9.17) is 4.74 Å². The topological polar surface area (TPSA) is 59.9 Å². The summed E-state index contributed by atoms with van der Waals surface area (Å²) in [5, 5.41) is 1.01. The van der Waals surface area contributed by atoms with Crippen LogP contribution in [0, 0.1) is 6.92 Å². The first-order valence-corrected chi connectivity index (χ1v) is 8.10. The van der Waals surface area contributed by atoms with E-state index in [2.05, 4.69) is 23.8 Å². The molecule has 5 nitrogen and oxygen atoms in total. The second-order valence-corrected chi connectivity index (χ2v) is 6.71. The fourth-order valence-electron chi connectivity index (χ4n) is 2.78. The minimum atomic E-state index is -0.214. The summed E-state index contributed by atoms with van der Waals surface area (Å²) >= 11 is 0. The molecule has 0 bridgehead atoms. The molecule has 0 aliphatic rings. The fourth-order valence-corrected chi connectivity index (χ4v) is 2.78. The Balaban J connectivity index is 2.01. The van der Waals surface area contributed by atoms with Gasteiger partial charge in [0.2, 0.25) is 0 Å². The highest BCUT2D eigenvalue weighted by Gasteiger charge is 2.18. The number of imidazole rings is 1. The van der Waals surface area contributed by atoms with Crippen LogP contribution < -0.4 is 5.56 Å². The number of nitrogens with one attached hydrogen (secondary N) is 1. The first-order chi connectivity index (χ1) is 11.4. The van der Waals surface area contributed by atoms with Crippen molar-refractivity contribution in [2.75, 3.05) is 7.11 Å². The summed E-state index contributed by atoms with van der Waals surface area (Å²) in [5.74, 6) is 0.687. The van der Waals surface area contributed by atoms with Gasteiger partial charge in [-0.25, -0.2) is 4.98 Å². The summed E-state index contributed by atoms with van der Waals surface area (Å²) in [6.07, 6.45) is 4.47. The fraction of sp³-hybridized carbons (Fsp3) is 0.368. The molecule has 0 radical (unpaired) electrons. The van der Waals surface area contributed by atoms with Crippen LogP contribution in [0.15, 0.2) is 41.5 Å². The molecule has 1 N–H and O–H groups in total. The predicted molar refractivity (Wildman–Crippen MR) is 96.2 cm³/mol. The second kappa shape index (κ2) is 6.24. The summed E-state index contributed by atoms with van der Waals surface area (Å²) in [7, 11) is 1.71. The summed E-state index contributed by atoms with van der Waals surface area (Å²) < 4.78 is 7.48. The molecule has 0 saturated carbocycles. The van der Waals surface area contributed by atoms with Crippen LogP contribution in [-0.2, 0) is 11.3 Å². The number of para-hydroxylation sites is 1. The molecule has 0 spiro atoms. The minimum Gasteiger partial charge on any atom is -0.379 e. The molecule has 0 aliphatic heterocycles. The Bertz CT molecular complexity index is 922. The van der Waals surface area contributed by atoms with Crippen molar-refractivity contribution in [2.45, 2.75) is 39.3 Å². The summed E-state index contributed by atoms with van der Waals surface area (Å²) in [5.41, 5.74) is 2.20. The average molecular weight is 325 g/mol. The Morgan fingerprint density at radius 3 is 2.88 bits per heavy atom. The molecule has 24 heavy (non-hydrogen) atoms. The van der Waals surface area contributed by atoms with Gasteiger partial charge in [0.25, 0.3) is 5.56 Å². The van der Waals surface area contributed by atoms with Crippen molar-refractivity contribution in [1.82, 2.24) is 14.5 Å². The Morgan fingerprint density at radius 1 is 1.33 bits per heavy atom. The molecule has 126 valence electrons. The van der Waals surface area contributed by atoms with E-state index in [0.29, 0.717) is 11.4 Å². The van der Waals surface area contributed by atoms with Gasteiger partial charge < -0.3 is 14.3 Å². The van der Waals surface area contributed by atoms with Crippen molar-refractivity contribution in [1.29, 1.82) is 0 Å². The molecule has 0 aliphatic carbocycles. The van der Waals surface area contributed by atoms with E-state index in [1.807, 2.05) is 42.0 Å². The van der Waals surface area contributed by atoms with E-state index < -0.39 is 0 Å². The SMILES string of the molecule is COC(C)(C)CCn1ccnc1-c1cc2cccc(C)c2[nH]c1=O. The molecule has 3 rings (SSSR count). The highest BCUT2D eigenvalue weighted by atomic mass is 16.5. The van der Waals surface area contributed by atoms with Gasteiger partial charge in [0.05, 0.1) is 16.7 Å². The lowest BCUT2D eigenvalue weighted by atomic mass is 10.1. The van der Waals surface area contributed by atoms with Crippen molar-refractivity contribution in [2.24, 2.45) is 0 Å². The van der Waals surface area contributed by atoms with Gasteiger partial charge in [-0.3, -0.25) is 4.79 Å². The van der Waals surface area contributed by atoms with E-state index in [0.717, 1.165) is 29.4 Å². The van der Waals surface area contributed by atoms with Gasteiger partial charge in [-0.1, -0.05) is 18.2 Å². The number of H-pyrrole nitrogens is 1. The third-order valence-corrected chi connectivity index (χ3v) is 4.55. The van der Waals surface area contributed by atoms with Gasteiger partial charge in [-0.05, 0) is 44.2 Å². The van der Waals surface area contributed by atoms with Crippen LogP contribution in [0.4, 0.5) is 0 Å². The molecule has 0 atom stereocenters. The van der Waals surface area contributed by atoms with Crippen molar-refractivity contribution in [3.05, 3.63) is 52.6 Å². The van der Waals surface area contributed by atoms with E-state index in [-0.39, 0.29) is 11.2 Å². The second-order valence-electron chi connectivity index (χ2n) is 6.71. The van der Waals surface area contributed by atoms with Gasteiger partial charge in [-0.15, -0.1) is 0 Å². The monoisotopic (exact) mass is 325 g/mol. The van der Waals surface area contributed by atoms with Gasteiger partial charge >= 0.3 is 0 Å². The molecule has 0 saturated heterocycles. The van der Waals surface area contributed by atoms with Crippen molar-refractivity contribution in [3.63, 3.8) is 0 Å². The van der Waals surface area contributed by atoms with Crippen molar-refractivity contribution < 1.29 is 4.74 Å². The number of pyridine rings is 1. The van der Waals surface area contributed by atoms with E-state index in [1.54, 1.807) is 13.3 Å². The maximum absolute atomic E-state index is 12.6. The van der Waals surface area contributed by atoms with Crippen LogP contribution in [0.2, 0.25) is 0 Å².